The van der Waals surface area contributed by atoms with E-state index in [0.717, 1.165) is 37.5 Å². The predicted molar refractivity (Wildman–Crippen MR) is 60.5 cm³/mol. The average molecular weight is 247 g/mol. The molecule has 0 radical (unpaired) electrons. The minimum absolute atomic E-state index is 0.267. The van der Waals surface area contributed by atoms with Crippen molar-refractivity contribution in [2.24, 2.45) is 0 Å². The Morgan fingerprint density at radius 3 is 3.22 bits per heavy atom. The molecule has 0 bridgehead atoms. The fraction of sp³-hybridized carbons (Fsp3) is 0.500. The number of rotatable bonds is 3. The Labute approximate surface area is 103 Å². The van der Waals surface area contributed by atoms with Crippen molar-refractivity contribution in [3.8, 4) is 0 Å². The maximum Gasteiger partial charge on any atom is 0.273 e. The highest BCUT2D eigenvalue weighted by atomic mass is 16.2. The summed E-state index contributed by atoms with van der Waals surface area (Å²) in [5.41, 5.74) is 0.272. The monoisotopic (exact) mass is 247 g/mol. The fourth-order valence-corrected chi connectivity index (χ4v) is 2.06. The van der Waals surface area contributed by atoms with E-state index in [4.69, 9.17) is 0 Å². The van der Waals surface area contributed by atoms with Gasteiger partial charge in [-0.1, -0.05) is 0 Å². The number of fused-ring (bicyclic) bond motifs is 1. The molecule has 0 unspecified atom stereocenters. The van der Waals surface area contributed by atoms with Gasteiger partial charge in [-0.05, 0) is 12.8 Å². The van der Waals surface area contributed by atoms with E-state index in [9.17, 15) is 4.79 Å². The largest absolute Gasteiger partial charge is 0.343 e. The van der Waals surface area contributed by atoms with E-state index in [0.29, 0.717) is 6.54 Å². The second-order valence-corrected chi connectivity index (χ2v) is 4.18. The second-order valence-electron chi connectivity index (χ2n) is 4.18. The summed E-state index contributed by atoms with van der Waals surface area (Å²) in [5, 5.41) is 20.7. The topological polar surface area (TPSA) is 101 Å². The first kappa shape index (κ1) is 10.9. The summed E-state index contributed by atoms with van der Waals surface area (Å²) in [7, 11) is 0. The molecule has 18 heavy (non-hydrogen) atoms. The highest BCUT2D eigenvalue weighted by molar-refractivity contribution is 5.91. The first-order valence-electron chi connectivity index (χ1n) is 5.89. The third-order valence-electron chi connectivity index (χ3n) is 2.99. The highest BCUT2D eigenvalue weighted by Crippen LogP contribution is 2.13. The molecule has 1 aliphatic heterocycles. The van der Waals surface area contributed by atoms with Gasteiger partial charge in [-0.3, -0.25) is 4.79 Å². The Bertz CT molecular complexity index is 545. The minimum Gasteiger partial charge on any atom is -0.343 e. The van der Waals surface area contributed by atoms with E-state index in [1.54, 1.807) is 0 Å². The van der Waals surface area contributed by atoms with Crippen LogP contribution in [-0.4, -0.2) is 36.1 Å². The van der Waals surface area contributed by atoms with E-state index in [-0.39, 0.29) is 11.6 Å². The first-order chi connectivity index (χ1) is 8.84. The SMILES string of the molecule is O=C(NCc1nnc2n1CCCC2)c1cn[nH]n1. The summed E-state index contributed by atoms with van der Waals surface area (Å²) in [6, 6.07) is 0. The zero-order valence-electron chi connectivity index (χ0n) is 9.76. The van der Waals surface area contributed by atoms with Crippen LogP contribution in [-0.2, 0) is 19.5 Å². The number of amides is 1. The van der Waals surface area contributed by atoms with Gasteiger partial charge in [0, 0.05) is 13.0 Å². The predicted octanol–water partition coefficient (Wildman–Crippen LogP) is -0.338. The van der Waals surface area contributed by atoms with Crippen molar-refractivity contribution in [3.63, 3.8) is 0 Å². The van der Waals surface area contributed by atoms with E-state index >= 15 is 0 Å². The Kier molecular flexibility index (Phi) is 2.75. The number of carbonyl (C=O) groups is 1. The molecule has 3 rings (SSSR count). The molecular formula is C10H13N7O. The molecule has 0 fully saturated rings. The van der Waals surface area contributed by atoms with Crippen molar-refractivity contribution in [2.45, 2.75) is 32.4 Å². The lowest BCUT2D eigenvalue weighted by molar-refractivity contribution is 0.0944. The van der Waals surface area contributed by atoms with Crippen LogP contribution < -0.4 is 5.32 Å². The molecule has 1 amide bonds. The van der Waals surface area contributed by atoms with Crippen molar-refractivity contribution in [2.75, 3.05) is 0 Å². The van der Waals surface area contributed by atoms with Crippen LogP contribution in [0.4, 0.5) is 0 Å². The molecule has 1 aliphatic rings. The van der Waals surface area contributed by atoms with Crippen LogP contribution in [0.25, 0.3) is 0 Å². The average Bonchev–Trinajstić information content (AvgIpc) is 3.06. The Morgan fingerprint density at radius 2 is 2.39 bits per heavy atom. The standard InChI is InChI=1S/C10H13N7O/c18-10(7-5-12-16-13-7)11-6-9-15-14-8-3-1-2-4-17(8)9/h5H,1-4,6H2,(H,11,18)(H,12,13,16). The number of aromatic amines is 1. The van der Waals surface area contributed by atoms with Gasteiger partial charge in [-0.2, -0.15) is 15.4 Å². The summed E-state index contributed by atoms with van der Waals surface area (Å²) < 4.78 is 2.08. The summed E-state index contributed by atoms with van der Waals surface area (Å²) in [6.45, 7) is 1.29. The van der Waals surface area contributed by atoms with Crippen molar-refractivity contribution in [1.29, 1.82) is 0 Å². The van der Waals surface area contributed by atoms with Gasteiger partial charge in [0.05, 0.1) is 12.7 Å². The zero-order chi connectivity index (χ0) is 12.4. The number of hydrogen-bond acceptors (Lipinski definition) is 5. The van der Waals surface area contributed by atoms with Gasteiger partial charge in [0.25, 0.3) is 5.91 Å². The molecule has 2 aromatic heterocycles. The van der Waals surface area contributed by atoms with Crippen LogP contribution in [0.5, 0.6) is 0 Å². The fourth-order valence-electron chi connectivity index (χ4n) is 2.06. The van der Waals surface area contributed by atoms with Crippen molar-refractivity contribution in [3.05, 3.63) is 23.5 Å². The van der Waals surface area contributed by atoms with E-state index in [1.807, 2.05) is 0 Å². The first-order valence-corrected chi connectivity index (χ1v) is 5.89. The number of aromatic nitrogens is 6. The lowest BCUT2D eigenvalue weighted by Gasteiger charge is -2.14. The molecule has 2 N–H and O–H groups in total. The molecule has 2 aromatic rings. The van der Waals surface area contributed by atoms with Gasteiger partial charge in [0.15, 0.2) is 11.5 Å². The van der Waals surface area contributed by atoms with Gasteiger partial charge in [-0.25, -0.2) is 0 Å². The van der Waals surface area contributed by atoms with Gasteiger partial charge in [0.1, 0.15) is 5.82 Å². The number of nitrogens with zero attached hydrogens (tertiary/aromatic N) is 5. The van der Waals surface area contributed by atoms with Crippen LogP contribution >= 0.6 is 0 Å². The third-order valence-corrected chi connectivity index (χ3v) is 2.99. The lowest BCUT2D eigenvalue weighted by Crippen LogP contribution is -2.26. The molecule has 0 atom stereocenters. The highest BCUT2D eigenvalue weighted by Gasteiger charge is 2.16. The molecule has 0 spiro atoms. The Hall–Kier alpha value is -2.25. The molecule has 94 valence electrons. The van der Waals surface area contributed by atoms with E-state index < -0.39 is 0 Å². The number of hydrogen-bond donors (Lipinski definition) is 2. The Balaban J connectivity index is 1.67. The van der Waals surface area contributed by atoms with E-state index in [2.05, 4.69) is 35.5 Å². The number of H-pyrrole nitrogens is 1. The number of aryl methyl sites for hydroxylation is 1. The van der Waals surface area contributed by atoms with Crippen molar-refractivity contribution in [1.82, 2.24) is 35.5 Å². The summed E-state index contributed by atoms with van der Waals surface area (Å²) in [6.07, 6.45) is 4.64. The summed E-state index contributed by atoms with van der Waals surface area (Å²) in [5.74, 6) is 1.53. The van der Waals surface area contributed by atoms with Gasteiger partial charge in [0.2, 0.25) is 0 Å². The molecule has 0 saturated heterocycles. The Morgan fingerprint density at radius 1 is 1.44 bits per heavy atom. The molecule has 3 heterocycles. The number of nitrogens with one attached hydrogen (secondary N) is 2. The third kappa shape index (κ3) is 1.96. The van der Waals surface area contributed by atoms with Crippen LogP contribution in [0.3, 0.4) is 0 Å². The summed E-state index contributed by atoms with van der Waals surface area (Å²) in [4.78, 5) is 11.7. The van der Waals surface area contributed by atoms with Crippen molar-refractivity contribution >= 4 is 5.91 Å². The van der Waals surface area contributed by atoms with Crippen LogP contribution in [0.1, 0.15) is 35.0 Å². The smallest absolute Gasteiger partial charge is 0.273 e. The number of carbonyl (C=O) groups excluding carboxylic acids is 1. The molecule has 8 nitrogen and oxygen atoms in total. The van der Waals surface area contributed by atoms with Gasteiger partial charge < -0.3 is 9.88 Å². The molecule has 0 saturated carbocycles. The van der Waals surface area contributed by atoms with Crippen molar-refractivity contribution < 1.29 is 4.79 Å². The van der Waals surface area contributed by atoms with Crippen LogP contribution in [0, 0.1) is 0 Å². The second kappa shape index (κ2) is 4.55. The van der Waals surface area contributed by atoms with Gasteiger partial charge >= 0.3 is 0 Å². The normalized spacial score (nSPS) is 14.2. The molecule has 0 aromatic carbocycles. The minimum atomic E-state index is -0.267. The van der Waals surface area contributed by atoms with Crippen LogP contribution in [0.2, 0.25) is 0 Å². The molecular weight excluding hydrogens is 234 g/mol. The van der Waals surface area contributed by atoms with Crippen LogP contribution in [0.15, 0.2) is 6.20 Å². The van der Waals surface area contributed by atoms with Gasteiger partial charge in [-0.15, -0.1) is 10.2 Å². The van der Waals surface area contributed by atoms with E-state index in [1.165, 1.54) is 6.20 Å². The maximum absolute atomic E-state index is 11.7. The lowest BCUT2D eigenvalue weighted by atomic mass is 10.2. The quantitative estimate of drug-likeness (QED) is 0.772. The molecule has 0 aliphatic carbocycles. The molecule has 8 heteroatoms. The zero-order valence-corrected chi connectivity index (χ0v) is 9.76. The maximum atomic E-state index is 11.7. The summed E-state index contributed by atoms with van der Waals surface area (Å²) >= 11 is 0.